The Labute approximate surface area is 183 Å². The minimum absolute atomic E-state index is 0.151. The molecule has 3 heterocycles. The van der Waals surface area contributed by atoms with Crippen LogP contribution in [0.2, 0.25) is 5.02 Å². The minimum atomic E-state index is -0.182. The molecule has 0 atom stereocenters. The fraction of sp³-hybridized carbons (Fsp3) is 0.565. The van der Waals surface area contributed by atoms with Gasteiger partial charge in [0.2, 0.25) is 0 Å². The molecule has 2 saturated heterocycles. The van der Waals surface area contributed by atoms with Crippen LogP contribution in [-0.2, 0) is 14.3 Å². The molecule has 162 valence electrons. The van der Waals surface area contributed by atoms with E-state index in [4.69, 9.17) is 16.3 Å². The molecule has 0 saturated carbocycles. The molecule has 1 aromatic carbocycles. The zero-order valence-corrected chi connectivity index (χ0v) is 18.4. The maximum Gasteiger partial charge on any atom is 0.277 e. The van der Waals surface area contributed by atoms with E-state index in [2.05, 4.69) is 16.7 Å². The van der Waals surface area contributed by atoms with Gasteiger partial charge in [0, 0.05) is 44.3 Å². The van der Waals surface area contributed by atoms with Crippen molar-refractivity contribution in [3.05, 3.63) is 40.5 Å². The number of morpholine rings is 1. The molecule has 7 heteroatoms. The van der Waals surface area contributed by atoms with Crippen LogP contribution < -0.4 is 0 Å². The van der Waals surface area contributed by atoms with Crippen molar-refractivity contribution >= 4 is 29.0 Å². The third-order valence-corrected chi connectivity index (χ3v) is 6.59. The quantitative estimate of drug-likeness (QED) is 0.648. The van der Waals surface area contributed by atoms with Crippen molar-refractivity contribution in [1.82, 2.24) is 14.7 Å². The molecule has 1 aromatic rings. The predicted octanol–water partition coefficient (Wildman–Crippen LogP) is 2.87. The Morgan fingerprint density at radius 3 is 2.30 bits per heavy atom. The topological polar surface area (TPSA) is 53.1 Å². The van der Waals surface area contributed by atoms with Gasteiger partial charge in [0.25, 0.3) is 11.8 Å². The molecular formula is C23H30ClN3O3. The highest BCUT2D eigenvalue weighted by Gasteiger charge is 2.41. The van der Waals surface area contributed by atoms with E-state index in [1.165, 1.54) is 4.90 Å². The molecular weight excluding hydrogens is 402 g/mol. The number of rotatable bonds is 6. The van der Waals surface area contributed by atoms with Crippen molar-refractivity contribution in [2.45, 2.75) is 26.2 Å². The number of halogens is 1. The second-order valence-electron chi connectivity index (χ2n) is 8.47. The Kier molecular flexibility index (Phi) is 6.76. The normalized spacial score (nSPS) is 21.8. The third kappa shape index (κ3) is 4.56. The molecule has 0 radical (unpaired) electrons. The Balaban J connectivity index is 1.53. The van der Waals surface area contributed by atoms with E-state index in [1.807, 2.05) is 12.1 Å². The van der Waals surface area contributed by atoms with Crippen molar-refractivity contribution in [1.29, 1.82) is 0 Å². The molecule has 2 fully saturated rings. The van der Waals surface area contributed by atoms with Gasteiger partial charge in [-0.05, 0) is 42.9 Å². The van der Waals surface area contributed by atoms with Gasteiger partial charge in [-0.1, -0.05) is 30.7 Å². The maximum absolute atomic E-state index is 13.4. The molecule has 6 nitrogen and oxygen atoms in total. The van der Waals surface area contributed by atoms with Crippen LogP contribution in [0.5, 0.6) is 0 Å². The number of hydrogen-bond acceptors (Lipinski definition) is 5. The Morgan fingerprint density at radius 2 is 1.63 bits per heavy atom. The number of imide groups is 1. The van der Waals surface area contributed by atoms with Crippen LogP contribution in [0.4, 0.5) is 0 Å². The average molecular weight is 432 g/mol. The van der Waals surface area contributed by atoms with Gasteiger partial charge >= 0.3 is 0 Å². The lowest BCUT2D eigenvalue weighted by Crippen LogP contribution is -2.41. The van der Waals surface area contributed by atoms with E-state index in [0.717, 1.165) is 70.8 Å². The van der Waals surface area contributed by atoms with E-state index in [0.29, 0.717) is 28.8 Å². The first-order chi connectivity index (χ1) is 14.5. The third-order valence-electron chi connectivity index (χ3n) is 6.34. The standard InChI is InChI=1S/C23H30ClN3O3/c1-17-7-11-26(12-8-17)21-20(18-3-5-19(24)6-4-18)22(28)27(23(21)29)10-2-9-25-13-15-30-16-14-25/h3-6,17H,2,7-16H2,1H3. The fourth-order valence-electron chi connectivity index (χ4n) is 4.45. The number of amides is 2. The van der Waals surface area contributed by atoms with Gasteiger partial charge in [-0.3, -0.25) is 19.4 Å². The molecule has 0 aliphatic carbocycles. The Hall–Kier alpha value is -1.89. The van der Waals surface area contributed by atoms with E-state index in [1.54, 1.807) is 12.1 Å². The summed E-state index contributed by atoms with van der Waals surface area (Å²) in [6.45, 7) is 8.50. The number of benzene rings is 1. The summed E-state index contributed by atoms with van der Waals surface area (Å²) in [4.78, 5) is 32.6. The first-order valence-electron chi connectivity index (χ1n) is 11.0. The van der Waals surface area contributed by atoms with Gasteiger partial charge in [-0.25, -0.2) is 0 Å². The van der Waals surface area contributed by atoms with Crippen molar-refractivity contribution < 1.29 is 14.3 Å². The summed E-state index contributed by atoms with van der Waals surface area (Å²) in [5.74, 6) is 0.317. The van der Waals surface area contributed by atoms with Crippen molar-refractivity contribution in [2.75, 3.05) is 52.5 Å². The largest absolute Gasteiger partial charge is 0.379 e. The summed E-state index contributed by atoms with van der Waals surface area (Å²) in [5.41, 5.74) is 1.86. The van der Waals surface area contributed by atoms with Crippen LogP contribution in [0.25, 0.3) is 5.57 Å². The summed E-state index contributed by atoms with van der Waals surface area (Å²) in [6, 6.07) is 7.23. The SMILES string of the molecule is CC1CCN(C2=C(c3ccc(Cl)cc3)C(=O)N(CCCN3CCOCC3)C2=O)CC1. The second-order valence-corrected chi connectivity index (χ2v) is 8.91. The van der Waals surface area contributed by atoms with E-state index >= 15 is 0 Å². The lowest BCUT2D eigenvalue weighted by atomic mass is 9.97. The minimum Gasteiger partial charge on any atom is -0.379 e. The lowest BCUT2D eigenvalue weighted by Gasteiger charge is -2.32. The summed E-state index contributed by atoms with van der Waals surface area (Å²) in [6.07, 6.45) is 2.85. The molecule has 0 bridgehead atoms. The van der Waals surface area contributed by atoms with Gasteiger partial charge in [0.15, 0.2) is 0 Å². The molecule has 0 N–H and O–H groups in total. The van der Waals surface area contributed by atoms with Crippen LogP contribution in [0, 0.1) is 5.92 Å². The number of piperidine rings is 1. The smallest absolute Gasteiger partial charge is 0.277 e. The Bertz CT molecular complexity index is 809. The summed E-state index contributed by atoms with van der Waals surface area (Å²) >= 11 is 6.05. The highest BCUT2D eigenvalue weighted by molar-refractivity contribution is 6.36. The number of ether oxygens (including phenoxy) is 1. The predicted molar refractivity (Wildman–Crippen MR) is 117 cm³/mol. The monoisotopic (exact) mass is 431 g/mol. The van der Waals surface area contributed by atoms with Crippen LogP contribution >= 0.6 is 11.6 Å². The van der Waals surface area contributed by atoms with Crippen LogP contribution in [0.3, 0.4) is 0 Å². The summed E-state index contributed by atoms with van der Waals surface area (Å²) in [7, 11) is 0. The van der Waals surface area contributed by atoms with Crippen molar-refractivity contribution in [2.24, 2.45) is 5.92 Å². The molecule has 30 heavy (non-hydrogen) atoms. The van der Waals surface area contributed by atoms with Crippen LogP contribution in [0.15, 0.2) is 30.0 Å². The second kappa shape index (κ2) is 9.50. The molecule has 0 unspecified atom stereocenters. The van der Waals surface area contributed by atoms with Crippen LogP contribution in [-0.4, -0.2) is 79.0 Å². The maximum atomic E-state index is 13.4. The number of hydrogen-bond donors (Lipinski definition) is 0. The van der Waals surface area contributed by atoms with E-state index in [9.17, 15) is 9.59 Å². The molecule has 3 aliphatic heterocycles. The zero-order valence-electron chi connectivity index (χ0n) is 17.6. The molecule has 0 spiro atoms. The summed E-state index contributed by atoms with van der Waals surface area (Å²) < 4.78 is 5.39. The highest BCUT2D eigenvalue weighted by atomic mass is 35.5. The fourth-order valence-corrected chi connectivity index (χ4v) is 4.57. The summed E-state index contributed by atoms with van der Waals surface area (Å²) in [5, 5.41) is 0.617. The van der Waals surface area contributed by atoms with Gasteiger partial charge < -0.3 is 9.64 Å². The van der Waals surface area contributed by atoms with Crippen molar-refractivity contribution in [3.8, 4) is 0 Å². The number of nitrogens with zero attached hydrogens (tertiary/aromatic N) is 3. The van der Waals surface area contributed by atoms with E-state index in [-0.39, 0.29) is 11.8 Å². The zero-order chi connectivity index (χ0) is 21.1. The molecule has 2 amide bonds. The number of carbonyl (C=O) groups excluding carboxylic acids is 2. The van der Waals surface area contributed by atoms with Gasteiger partial charge in [-0.2, -0.15) is 0 Å². The van der Waals surface area contributed by atoms with Gasteiger partial charge in [-0.15, -0.1) is 0 Å². The molecule has 3 aliphatic rings. The molecule has 0 aromatic heterocycles. The number of likely N-dealkylation sites (tertiary alicyclic amines) is 1. The van der Waals surface area contributed by atoms with Gasteiger partial charge in [0.05, 0.1) is 18.8 Å². The average Bonchev–Trinajstić information content (AvgIpc) is 3.00. The first-order valence-corrected chi connectivity index (χ1v) is 11.3. The first kappa shape index (κ1) is 21.3. The Morgan fingerprint density at radius 1 is 0.967 bits per heavy atom. The highest BCUT2D eigenvalue weighted by Crippen LogP contribution is 2.34. The van der Waals surface area contributed by atoms with Crippen LogP contribution in [0.1, 0.15) is 31.7 Å². The van der Waals surface area contributed by atoms with E-state index < -0.39 is 0 Å². The lowest BCUT2D eigenvalue weighted by molar-refractivity contribution is -0.137. The van der Waals surface area contributed by atoms with Gasteiger partial charge in [0.1, 0.15) is 5.70 Å². The number of carbonyl (C=O) groups is 2. The molecule has 4 rings (SSSR count). The van der Waals surface area contributed by atoms with Crippen molar-refractivity contribution in [3.63, 3.8) is 0 Å².